The summed E-state index contributed by atoms with van der Waals surface area (Å²) >= 11 is 0. The molecule has 1 N–H and O–H groups in total. The third-order valence-corrected chi connectivity index (χ3v) is 4.59. The standard InChI is InChI=1S/C15H21N5/c1-2-5-16-13-10-19-7-6-17-14(19)15(18-13)20-9-11-3-4-12(20)8-11/h6-7,10-12,16H,2-5,8-9H2,1H3. The quantitative estimate of drug-likeness (QED) is 0.928. The predicted molar refractivity (Wildman–Crippen MR) is 80.2 cm³/mol. The van der Waals surface area contributed by atoms with Gasteiger partial charge in [-0.05, 0) is 31.6 Å². The van der Waals surface area contributed by atoms with Crippen molar-refractivity contribution in [3.63, 3.8) is 0 Å². The van der Waals surface area contributed by atoms with Crippen LogP contribution in [-0.4, -0.2) is 33.5 Å². The van der Waals surface area contributed by atoms with Gasteiger partial charge in [0.05, 0.1) is 6.20 Å². The summed E-state index contributed by atoms with van der Waals surface area (Å²) in [5, 5.41) is 3.40. The summed E-state index contributed by atoms with van der Waals surface area (Å²) in [6, 6.07) is 0.675. The number of anilines is 2. The molecular formula is C15H21N5. The molecule has 2 aromatic rings. The van der Waals surface area contributed by atoms with Crippen molar-refractivity contribution in [2.75, 3.05) is 23.3 Å². The lowest BCUT2D eigenvalue weighted by molar-refractivity contribution is 0.551. The van der Waals surface area contributed by atoms with E-state index in [2.05, 4.69) is 26.5 Å². The average Bonchev–Trinajstić information content (AvgIpc) is 3.19. The summed E-state index contributed by atoms with van der Waals surface area (Å²) in [7, 11) is 0. The molecular weight excluding hydrogens is 250 g/mol. The van der Waals surface area contributed by atoms with E-state index >= 15 is 0 Å². The molecule has 2 unspecified atom stereocenters. The van der Waals surface area contributed by atoms with Crippen LogP contribution in [0.5, 0.6) is 0 Å². The maximum atomic E-state index is 4.84. The number of piperidine rings is 1. The molecule has 2 bridgehead atoms. The summed E-state index contributed by atoms with van der Waals surface area (Å²) in [5.41, 5.74) is 0.986. The largest absolute Gasteiger partial charge is 0.369 e. The summed E-state index contributed by atoms with van der Waals surface area (Å²) in [5.74, 6) is 2.88. The number of imidazole rings is 1. The van der Waals surface area contributed by atoms with E-state index in [0.29, 0.717) is 6.04 Å². The molecule has 0 aromatic carbocycles. The van der Waals surface area contributed by atoms with Crippen molar-refractivity contribution in [2.45, 2.75) is 38.6 Å². The van der Waals surface area contributed by atoms with Crippen molar-refractivity contribution in [1.82, 2.24) is 14.4 Å². The SMILES string of the molecule is CCCNc1cn2ccnc2c(N2CC3CCC2C3)n1. The van der Waals surface area contributed by atoms with Crippen LogP contribution in [0.4, 0.5) is 11.6 Å². The van der Waals surface area contributed by atoms with E-state index in [-0.39, 0.29) is 0 Å². The number of nitrogens with zero attached hydrogens (tertiary/aromatic N) is 4. The molecule has 4 rings (SSSR count). The Hall–Kier alpha value is -1.78. The van der Waals surface area contributed by atoms with Crippen molar-refractivity contribution in [2.24, 2.45) is 5.92 Å². The molecule has 2 aliphatic rings. The molecule has 2 fully saturated rings. The fourth-order valence-electron chi connectivity index (χ4n) is 3.63. The first-order chi connectivity index (χ1) is 9.85. The van der Waals surface area contributed by atoms with E-state index in [1.165, 1.54) is 19.3 Å². The zero-order chi connectivity index (χ0) is 13.5. The van der Waals surface area contributed by atoms with Crippen molar-refractivity contribution in [3.05, 3.63) is 18.6 Å². The molecule has 2 aromatic heterocycles. The van der Waals surface area contributed by atoms with Gasteiger partial charge < -0.3 is 14.6 Å². The van der Waals surface area contributed by atoms with Crippen molar-refractivity contribution in [1.29, 1.82) is 0 Å². The number of hydrogen-bond donors (Lipinski definition) is 1. The normalized spacial score (nSPS) is 24.8. The number of fused-ring (bicyclic) bond motifs is 3. The lowest BCUT2D eigenvalue weighted by atomic mass is 10.1. The Morgan fingerprint density at radius 3 is 3.10 bits per heavy atom. The van der Waals surface area contributed by atoms with Gasteiger partial charge in [0, 0.05) is 31.5 Å². The third-order valence-electron chi connectivity index (χ3n) is 4.59. The van der Waals surface area contributed by atoms with Gasteiger partial charge in [0.1, 0.15) is 5.82 Å². The molecule has 0 amide bonds. The number of rotatable bonds is 4. The van der Waals surface area contributed by atoms with E-state index in [9.17, 15) is 0 Å². The van der Waals surface area contributed by atoms with Crippen LogP contribution in [0.2, 0.25) is 0 Å². The average molecular weight is 271 g/mol. The van der Waals surface area contributed by atoms with Crippen LogP contribution >= 0.6 is 0 Å². The fourth-order valence-corrected chi connectivity index (χ4v) is 3.63. The summed E-state index contributed by atoms with van der Waals surface area (Å²) in [6.07, 6.45) is 11.0. The Kier molecular flexibility index (Phi) is 2.79. The highest BCUT2D eigenvalue weighted by Gasteiger charge is 2.39. The van der Waals surface area contributed by atoms with Crippen molar-refractivity contribution < 1.29 is 0 Å². The number of hydrogen-bond acceptors (Lipinski definition) is 4. The molecule has 20 heavy (non-hydrogen) atoms. The van der Waals surface area contributed by atoms with E-state index in [0.717, 1.165) is 42.7 Å². The van der Waals surface area contributed by atoms with Gasteiger partial charge >= 0.3 is 0 Å². The second kappa shape index (κ2) is 4.65. The Labute approximate surface area is 119 Å². The summed E-state index contributed by atoms with van der Waals surface area (Å²) in [4.78, 5) is 11.8. The summed E-state index contributed by atoms with van der Waals surface area (Å²) in [6.45, 7) is 4.28. The van der Waals surface area contributed by atoms with E-state index < -0.39 is 0 Å². The summed E-state index contributed by atoms with van der Waals surface area (Å²) < 4.78 is 2.09. The molecule has 106 valence electrons. The van der Waals surface area contributed by atoms with Gasteiger partial charge in [-0.2, -0.15) is 0 Å². The second-order valence-electron chi connectivity index (χ2n) is 6.02. The minimum atomic E-state index is 0.675. The van der Waals surface area contributed by atoms with Gasteiger partial charge in [-0.3, -0.25) is 0 Å². The monoisotopic (exact) mass is 271 g/mol. The van der Waals surface area contributed by atoms with Crippen LogP contribution in [0.1, 0.15) is 32.6 Å². The van der Waals surface area contributed by atoms with Gasteiger partial charge in [-0.1, -0.05) is 6.92 Å². The van der Waals surface area contributed by atoms with Crippen molar-refractivity contribution >= 4 is 17.3 Å². The van der Waals surface area contributed by atoms with Gasteiger partial charge in [0.2, 0.25) is 0 Å². The number of nitrogens with one attached hydrogen (secondary N) is 1. The highest BCUT2D eigenvalue weighted by atomic mass is 15.3. The zero-order valence-corrected chi connectivity index (χ0v) is 11.9. The lowest BCUT2D eigenvalue weighted by Gasteiger charge is -2.28. The fraction of sp³-hybridized carbons (Fsp3) is 0.600. The minimum Gasteiger partial charge on any atom is -0.369 e. The molecule has 1 saturated carbocycles. The molecule has 5 nitrogen and oxygen atoms in total. The molecule has 5 heteroatoms. The van der Waals surface area contributed by atoms with Crippen LogP contribution < -0.4 is 10.2 Å². The molecule has 0 spiro atoms. The topological polar surface area (TPSA) is 45.5 Å². The Morgan fingerprint density at radius 1 is 1.40 bits per heavy atom. The Morgan fingerprint density at radius 2 is 2.35 bits per heavy atom. The minimum absolute atomic E-state index is 0.675. The van der Waals surface area contributed by atoms with Crippen LogP contribution in [0, 0.1) is 5.92 Å². The maximum Gasteiger partial charge on any atom is 0.180 e. The molecule has 3 heterocycles. The van der Waals surface area contributed by atoms with E-state index in [1.807, 2.05) is 18.6 Å². The third kappa shape index (κ3) is 1.84. The van der Waals surface area contributed by atoms with Gasteiger partial charge in [0.25, 0.3) is 0 Å². The Bertz CT molecular complexity index is 620. The first-order valence-corrected chi connectivity index (χ1v) is 7.69. The van der Waals surface area contributed by atoms with Gasteiger partial charge in [-0.25, -0.2) is 9.97 Å². The molecule has 1 aliphatic carbocycles. The van der Waals surface area contributed by atoms with Gasteiger partial charge in [-0.15, -0.1) is 0 Å². The Balaban J connectivity index is 1.74. The van der Waals surface area contributed by atoms with Crippen LogP contribution in [0.3, 0.4) is 0 Å². The first kappa shape index (κ1) is 12.0. The van der Waals surface area contributed by atoms with Crippen LogP contribution in [0.15, 0.2) is 18.6 Å². The van der Waals surface area contributed by atoms with Crippen LogP contribution in [-0.2, 0) is 0 Å². The van der Waals surface area contributed by atoms with E-state index in [4.69, 9.17) is 4.98 Å². The lowest BCUT2D eigenvalue weighted by Crippen LogP contribution is -2.33. The first-order valence-electron chi connectivity index (χ1n) is 7.69. The van der Waals surface area contributed by atoms with Crippen molar-refractivity contribution in [3.8, 4) is 0 Å². The van der Waals surface area contributed by atoms with Crippen LogP contribution in [0.25, 0.3) is 5.65 Å². The zero-order valence-electron chi connectivity index (χ0n) is 11.9. The highest BCUT2D eigenvalue weighted by Crippen LogP contribution is 2.40. The maximum absolute atomic E-state index is 4.84. The van der Waals surface area contributed by atoms with Gasteiger partial charge in [0.15, 0.2) is 11.5 Å². The predicted octanol–water partition coefficient (Wildman–Crippen LogP) is 2.54. The molecule has 0 radical (unpaired) electrons. The molecule has 1 saturated heterocycles. The smallest absolute Gasteiger partial charge is 0.180 e. The second-order valence-corrected chi connectivity index (χ2v) is 6.02. The molecule has 2 atom stereocenters. The van der Waals surface area contributed by atoms with E-state index in [1.54, 1.807) is 0 Å². The molecule has 1 aliphatic heterocycles. The number of aromatic nitrogens is 3. The highest BCUT2D eigenvalue weighted by molar-refractivity contribution is 5.68.